The van der Waals surface area contributed by atoms with Crippen LogP contribution in [0.4, 0.5) is 26.3 Å². The van der Waals surface area contributed by atoms with Crippen molar-refractivity contribution >= 4 is 47.5 Å². The van der Waals surface area contributed by atoms with Gasteiger partial charge in [0.1, 0.15) is 11.5 Å². The number of hydrogen-bond donors (Lipinski definition) is 0. The predicted molar refractivity (Wildman–Crippen MR) is 236 cm³/mol. The van der Waals surface area contributed by atoms with Crippen molar-refractivity contribution in [1.82, 2.24) is 19.6 Å². The summed E-state index contributed by atoms with van der Waals surface area (Å²) in [7, 11) is 0. The van der Waals surface area contributed by atoms with Gasteiger partial charge < -0.3 is 29.1 Å². The number of carbonyl (C=O) groups excluding carboxylic acids is 4. The lowest BCUT2D eigenvalue weighted by Gasteiger charge is -2.33. The van der Waals surface area contributed by atoms with Crippen molar-refractivity contribution in [3.63, 3.8) is 0 Å². The molecule has 4 aromatic rings. The first kappa shape index (κ1) is 48.2. The predicted octanol–water partition coefficient (Wildman–Crippen LogP) is 9.41. The van der Waals surface area contributed by atoms with Crippen LogP contribution in [-0.2, 0) is 31.5 Å². The molecule has 2 saturated heterocycles. The Morgan fingerprint density at radius 2 is 0.877 bits per heavy atom. The van der Waals surface area contributed by atoms with Crippen LogP contribution in [0.25, 0.3) is 34.4 Å². The highest BCUT2D eigenvalue weighted by atomic mass is 32.2. The van der Waals surface area contributed by atoms with Crippen LogP contribution in [0.3, 0.4) is 0 Å². The van der Waals surface area contributed by atoms with E-state index in [1.165, 1.54) is 84.3 Å². The van der Waals surface area contributed by atoms with Crippen LogP contribution in [0, 0.1) is 0 Å². The molecule has 6 rings (SSSR count). The van der Waals surface area contributed by atoms with E-state index in [-0.39, 0.29) is 96.7 Å². The zero-order valence-corrected chi connectivity index (χ0v) is 37.0. The highest BCUT2D eigenvalue weighted by molar-refractivity contribution is 7.99. The molecule has 0 atom stereocenters. The molecule has 0 aliphatic carbocycles. The van der Waals surface area contributed by atoms with Gasteiger partial charge in [-0.2, -0.15) is 26.3 Å². The molecule has 0 unspecified atom stereocenters. The minimum absolute atomic E-state index is 0.00142. The van der Waals surface area contributed by atoms with Gasteiger partial charge in [0.05, 0.1) is 24.3 Å². The van der Waals surface area contributed by atoms with Gasteiger partial charge in [-0.1, -0.05) is 60.3 Å². The number of halogens is 6. The maximum Gasteiger partial charge on any atom is 0.418 e. The van der Waals surface area contributed by atoms with E-state index in [9.17, 15) is 19.2 Å². The molecule has 4 aromatic carbocycles. The summed E-state index contributed by atoms with van der Waals surface area (Å²) in [5.41, 5.74) is -3.39. The van der Waals surface area contributed by atoms with E-state index in [0.717, 1.165) is 24.3 Å². The number of amides is 4. The lowest BCUT2D eigenvalue weighted by Crippen LogP contribution is -2.49. The SMILES string of the molecule is CCOc1ccccc1-c1c(C=CC(=O)N2CCN(C(C)=O)CC2)ccc(Sc2ccc(C=CC(=O)N3CCN(C(C)=O)CC3)c(-c3ccccc3OCC)c2C(F)(F)F)c1C(F)(F)F. The van der Waals surface area contributed by atoms with Crippen molar-refractivity contribution < 1.29 is 55.0 Å². The topological polar surface area (TPSA) is 99.7 Å². The average Bonchev–Trinajstić information content (AvgIpc) is 3.27. The van der Waals surface area contributed by atoms with Crippen molar-refractivity contribution in [2.45, 2.75) is 49.8 Å². The fraction of sp³-hybridized carbons (Fsp3) is 0.333. The molecule has 2 aliphatic heterocycles. The number of alkyl halides is 6. The van der Waals surface area contributed by atoms with Crippen molar-refractivity contribution in [2.75, 3.05) is 65.6 Å². The maximum atomic E-state index is 15.8. The lowest BCUT2D eigenvalue weighted by molar-refractivity contribution is -0.139. The van der Waals surface area contributed by atoms with E-state index >= 15 is 26.3 Å². The number of nitrogens with zero attached hydrogens (tertiary/aromatic N) is 4. The molecular formula is C48H48F6N4O6S. The molecule has 0 radical (unpaired) electrons. The van der Waals surface area contributed by atoms with Gasteiger partial charge in [0.2, 0.25) is 23.6 Å². The molecule has 0 spiro atoms. The molecule has 344 valence electrons. The quantitative estimate of drug-likeness (QED) is 0.103. The first-order chi connectivity index (χ1) is 30.9. The number of rotatable bonds is 12. The summed E-state index contributed by atoms with van der Waals surface area (Å²) in [6.07, 6.45) is -5.50. The van der Waals surface area contributed by atoms with Gasteiger partial charge in [0, 0.05) is 110 Å². The van der Waals surface area contributed by atoms with Crippen LogP contribution in [0.2, 0.25) is 0 Å². The van der Waals surface area contributed by atoms with Crippen LogP contribution < -0.4 is 9.47 Å². The summed E-state index contributed by atoms with van der Waals surface area (Å²) >= 11 is 0.283. The number of ether oxygens (including phenoxy) is 2. The van der Waals surface area contributed by atoms with Crippen molar-refractivity contribution in [2.24, 2.45) is 0 Å². The zero-order valence-electron chi connectivity index (χ0n) is 36.2. The molecule has 10 nitrogen and oxygen atoms in total. The van der Waals surface area contributed by atoms with Crippen LogP contribution in [0.1, 0.15) is 49.9 Å². The third-order valence-electron chi connectivity index (χ3n) is 11.0. The second kappa shape index (κ2) is 20.7. The Labute approximate surface area is 377 Å². The number of hydrogen-bond acceptors (Lipinski definition) is 7. The van der Waals surface area contributed by atoms with E-state index in [1.807, 2.05) is 0 Å². The van der Waals surface area contributed by atoms with Gasteiger partial charge in [-0.25, -0.2) is 0 Å². The highest BCUT2D eigenvalue weighted by Crippen LogP contribution is 2.52. The van der Waals surface area contributed by atoms with Gasteiger partial charge in [-0.05, 0) is 61.4 Å². The lowest BCUT2D eigenvalue weighted by atomic mass is 9.92. The van der Waals surface area contributed by atoms with E-state index in [2.05, 4.69) is 0 Å². The maximum absolute atomic E-state index is 15.8. The summed E-state index contributed by atoms with van der Waals surface area (Å²) in [6, 6.07) is 16.8. The Morgan fingerprint density at radius 3 is 1.20 bits per heavy atom. The molecule has 4 amide bonds. The second-order valence-corrected chi connectivity index (χ2v) is 16.2. The molecule has 17 heteroatoms. The van der Waals surface area contributed by atoms with Gasteiger partial charge >= 0.3 is 12.4 Å². The standard InChI is InChI=1S/C48H48F6N4O6S/c1-5-63-37-13-9-7-11-35(37)43-33(17-21-41(61)57-27-23-55(24-28-57)31(3)59)15-19-39(45(43)47(49,50)51)65-40-20-16-34(18-22-42(62)58-29-25-56(26-30-58)32(4)60)44(46(40)48(52,53)54)36-12-8-10-14-38(36)64-6-2/h7-22H,5-6,23-30H2,1-4H3. The van der Waals surface area contributed by atoms with Crippen LogP contribution in [-0.4, -0.2) is 109 Å². The number of piperazine rings is 2. The van der Waals surface area contributed by atoms with E-state index in [4.69, 9.17) is 9.47 Å². The molecular weight excluding hydrogens is 875 g/mol. The molecule has 2 aliphatic rings. The Balaban J connectivity index is 1.51. The van der Waals surface area contributed by atoms with Gasteiger partial charge in [-0.15, -0.1) is 0 Å². The zero-order chi connectivity index (χ0) is 47.1. The smallest absolute Gasteiger partial charge is 0.418 e. The highest BCUT2D eigenvalue weighted by Gasteiger charge is 2.42. The van der Waals surface area contributed by atoms with Crippen molar-refractivity contribution in [1.29, 1.82) is 0 Å². The van der Waals surface area contributed by atoms with Gasteiger partial charge in [-0.3, -0.25) is 19.2 Å². The van der Waals surface area contributed by atoms with Crippen LogP contribution in [0.15, 0.2) is 94.7 Å². The molecule has 2 fully saturated rings. The average molecular weight is 923 g/mol. The Bertz CT molecular complexity index is 2300. The Hall–Kier alpha value is -6.23. The molecule has 0 bridgehead atoms. The van der Waals surface area contributed by atoms with Gasteiger partial charge in [0.25, 0.3) is 0 Å². The second-order valence-electron chi connectivity index (χ2n) is 15.1. The summed E-state index contributed by atoms with van der Waals surface area (Å²) in [5.74, 6) is -1.11. The van der Waals surface area contributed by atoms with E-state index in [1.54, 1.807) is 35.8 Å². The third-order valence-corrected chi connectivity index (χ3v) is 12.1. The summed E-state index contributed by atoms with van der Waals surface area (Å²) in [4.78, 5) is 55.4. The van der Waals surface area contributed by atoms with Crippen LogP contribution in [0.5, 0.6) is 11.5 Å². The molecule has 0 aromatic heterocycles. The van der Waals surface area contributed by atoms with Crippen molar-refractivity contribution in [3.05, 3.63) is 107 Å². The molecule has 2 heterocycles. The van der Waals surface area contributed by atoms with E-state index < -0.39 is 56.2 Å². The minimum Gasteiger partial charge on any atom is -0.493 e. The first-order valence-electron chi connectivity index (χ1n) is 21.0. The summed E-state index contributed by atoms with van der Waals surface area (Å²) < 4.78 is 106. The van der Waals surface area contributed by atoms with Crippen molar-refractivity contribution in [3.8, 4) is 33.8 Å². The van der Waals surface area contributed by atoms with Gasteiger partial charge in [0.15, 0.2) is 0 Å². The fourth-order valence-corrected chi connectivity index (χ4v) is 8.98. The number of para-hydroxylation sites is 2. The minimum atomic E-state index is -5.14. The molecule has 0 saturated carbocycles. The first-order valence-corrected chi connectivity index (χ1v) is 21.8. The van der Waals surface area contributed by atoms with Crippen LogP contribution >= 0.6 is 11.8 Å². The Kier molecular flexibility index (Phi) is 15.4. The van der Waals surface area contributed by atoms with E-state index in [0.29, 0.717) is 26.2 Å². The summed E-state index contributed by atoms with van der Waals surface area (Å²) in [5, 5.41) is 0. The molecule has 65 heavy (non-hydrogen) atoms. The molecule has 0 N–H and O–H groups in total. The fourth-order valence-electron chi connectivity index (χ4n) is 7.83. The third kappa shape index (κ3) is 11.4. The number of carbonyl (C=O) groups is 4. The Morgan fingerprint density at radius 1 is 0.538 bits per heavy atom. The number of benzene rings is 4. The monoisotopic (exact) mass is 922 g/mol. The largest absolute Gasteiger partial charge is 0.493 e. The summed E-state index contributed by atoms with van der Waals surface area (Å²) in [6.45, 7) is 8.38. The normalized spacial score (nSPS) is 14.9.